The molecule has 0 atom stereocenters. The van der Waals surface area contributed by atoms with Crippen LogP contribution in [0.5, 0.6) is 0 Å². The molecular weight excluding hydrogens is 436 g/mol. The van der Waals surface area contributed by atoms with E-state index in [1.807, 2.05) is 13.8 Å². The third-order valence-corrected chi connectivity index (χ3v) is 8.21. The van der Waals surface area contributed by atoms with Crippen LogP contribution in [0, 0.1) is 13.8 Å². The SMILES string of the molecule is CSCCn1c(=NC(=O)CCCS(=O)(=O)c2ccc(C)cc2)sc2cc(C)ccc21. The van der Waals surface area contributed by atoms with E-state index in [1.165, 1.54) is 16.9 Å². The van der Waals surface area contributed by atoms with Gasteiger partial charge in [0.1, 0.15) is 0 Å². The molecule has 1 aromatic heterocycles. The summed E-state index contributed by atoms with van der Waals surface area (Å²) in [5.41, 5.74) is 3.25. The first-order chi connectivity index (χ1) is 14.3. The molecule has 3 rings (SSSR count). The van der Waals surface area contributed by atoms with E-state index < -0.39 is 9.84 Å². The van der Waals surface area contributed by atoms with Gasteiger partial charge in [0.15, 0.2) is 14.6 Å². The van der Waals surface area contributed by atoms with Gasteiger partial charge in [-0.25, -0.2) is 8.42 Å². The van der Waals surface area contributed by atoms with Crippen LogP contribution in [0.25, 0.3) is 10.2 Å². The summed E-state index contributed by atoms with van der Waals surface area (Å²) >= 11 is 3.25. The first-order valence-electron chi connectivity index (χ1n) is 9.76. The van der Waals surface area contributed by atoms with Gasteiger partial charge in [0, 0.05) is 18.7 Å². The molecule has 0 aliphatic rings. The number of carbonyl (C=O) groups excluding carboxylic acids is 1. The maximum absolute atomic E-state index is 12.5. The summed E-state index contributed by atoms with van der Waals surface area (Å²) in [5, 5.41) is 0. The quantitative estimate of drug-likeness (QED) is 0.499. The van der Waals surface area contributed by atoms with Crippen molar-refractivity contribution < 1.29 is 13.2 Å². The number of hydrogen-bond donors (Lipinski definition) is 0. The Labute approximate surface area is 185 Å². The molecule has 0 aliphatic heterocycles. The van der Waals surface area contributed by atoms with Gasteiger partial charge in [-0.15, -0.1) is 0 Å². The Morgan fingerprint density at radius 3 is 2.50 bits per heavy atom. The molecule has 8 heteroatoms. The fraction of sp³-hybridized carbons (Fsp3) is 0.364. The minimum Gasteiger partial charge on any atom is -0.316 e. The molecule has 30 heavy (non-hydrogen) atoms. The molecule has 1 amide bonds. The highest BCUT2D eigenvalue weighted by Crippen LogP contribution is 2.19. The van der Waals surface area contributed by atoms with Crippen LogP contribution in [0.1, 0.15) is 24.0 Å². The maximum Gasteiger partial charge on any atom is 0.248 e. The number of thioether (sulfide) groups is 1. The number of nitrogens with zero attached hydrogens (tertiary/aromatic N) is 2. The fourth-order valence-corrected chi connectivity index (χ4v) is 5.95. The molecule has 0 aliphatic carbocycles. The van der Waals surface area contributed by atoms with E-state index in [9.17, 15) is 13.2 Å². The van der Waals surface area contributed by atoms with Crippen LogP contribution in [0.2, 0.25) is 0 Å². The summed E-state index contributed by atoms with van der Waals surface area (Å²) in [6.45, 7) is 4.73. The Hall–Kier alpha value is -1.90. The van der Waals surface area contributed by atoms with Crippen molar-refractivity contribution in [1.82, 2.24) is 4.57 Å². The van der Waals surface area contributed by atoms with E-state index in [1.54, 1.807) is 36.0 Å². The van der Waals surface area contributed by atoms with Gasteiger partial charge in [-0.2, -0.15) is 16.8 Å². The summed E-state index contributed by atoms with van der Waals surface area (Å²) in [4.78, 5) is 17.8. The zero-order valence-corrected chi connectivity index (χ0v) is 19.9. The van der Waals surface area contributed by atoms with Crippen LogP contribution in [-0.4, -0.2) is 36.7 Å². The normalized spacial score (nSPS) is 12.6. The van der Waals surface area contributed by atoms with Crippen LogP contribution in [0.3, 0.4) is 0 Å². The molecule has 0 bridgehead atoms. The molecule has 3 aromatic rings. The minimum absolute atomic E-state index is 0.0601. The molecule has 0 N–H and O–H groups in total. The van der Waals surface area contributed by atoms with E-state index in [0.29, 0.717) is 9.70 Å². The summed E-state index contributed by atoms with van der Waals surface area (Å²) in [7, 11) is -3.39. The Morgan fingerprint density at radius 2 is 1.80 bits per heavy atom. The van der Waals surface area contributed by atoms with Crippen molar-refractivity contribution >= 4 is 49.1 Å². The highest BCUT2D eigenvalue weighted by Gasteiger charge is 2.15. The second-order valence-corrected chi connectivity index (χ2v) is 11.3. The molecule has 0 saturated heterocycles. The second kappa shape index (κ2) is 9.94. The van der Waals surface area contributed by atoms with Gasteiger partial charge in [-0.1, -0.05) is 35.1 Å². The van der Waals surface area contributed by atoms with Crippen molar-refractivity contribution in [3.8, 4) is 0 Å². The highest BCUT2D eigenvalue weighted by molar-refractivity contribution is 7.98. The van der Waals surface area contributed by atoms with Crippen molar-refractivity contribution in [2.45, 2.75) is 38.1 Å². The van der Waals surface area contributed by atoms with Gasteiger partial charge in [-0.3, -0.25) is 4.79 Å². The van der Waals surface area contributed by atoms with Crippen LogP contribution in [-0.2, 0) is 21.2 Å². The van der Waals surface area contributed by atoms with Gasteiger partial charge in [-0.05, 0) is 56.4 Å². The standard InChI is InChI=1S/C22H26N2O3S3/c1-16-6-9-18(10-7-16)30(26,27)14-4-5-21(25)23-22-24(12-13-28-3)19-11-8-17(2)15-20(19)29-22/h6-11,15H,4-5,12-14H2,1-3H3. The Morgan fingerprint density at radius 1 is 1.10 bits per heavy atom. The van der Waals surface area contributed by atoms with Crippen molar-refractivity contribution in [2.24, 2.45) is 4.99 Å². The van der Waals surface area contributed by atoms with Crippen LogP contribution < -0.4 is 4.80 Å². The first-order valence-corrected chi connectivity index (χ1v) is 13.6. The lowest BCUT2D eigenvalue weighted by Gasteiger charge is -2.05. The lowest BCUT2D eigenvalue weighted by Crippen LogP contribution is -2.18. The molecule has 0 radical (unpaired) electrons. The predicted octanol–water partition coefficient (Wildman–Crippen LogP) is 4.36. The molecule has 0 saturated carbocycles. The zero-order valence-electron chi connectivity index (χ0n) is 17.4. The molecule has 5 nitrogen and oxygen atoms in total. The Balaban J connectivity index is 1.74. The second-order valence-electron chi connectivity index (χ2n) is 7.24. The molecule has 0 fully saturated rings. The lowest BCUT2D eigenvalue weighted by molar-refractivity contribution is -0.118. The van der Waals surface area contributed by atoms with Crippen molar-refractivity contribution in [2.75, 3.05) is 17.8 Å². The van der Waals surface area contributed by atoms with E-state index in [2.05, 4.69) is 34.0 Å². The van der Waals surface area contributed by atoms with E-state index in [-0.39, 0.29) is 24.5 Å². The highest BCUT2D eigenvalue weighted by atomic mass is 32.2. The molecule has 0 spiro atoms. The topological polar surface area (TPSA) is 68.5 Å². The Bertz CT molecular complexity index is 1210. The Kier molecular flexibility index (Phi) is 7.55. The largest absolute Gasteiger partial charge is 0.316 e. The van der Waals surface area contributed by atoms with Gasteiger partial charge in [0.25, 0.3) is 0 Å². The average Bonchev–Trinajstić information content (AvgIpc) is 3.02. The van der Waals surface area contributed by atoms with Crippen LogP contribution in [0.4, 0.5) is 0 Å². The van der Waals surface area contributed by atoms with Gasteiger partial charge < -0.3 is 4.57 Å². The number of aryl methyl sites for hydroxylation is 3. The zero-order chi connectivity index (χ0) is 21.7. The number of rotatable bonds is 8. The first kappa shape index (κ1) is 22.8. The van der Waals surface area contributed by atoms with E-state index >= 15 is 0 Å². The number of aromatic nitrogens is 1. The maximum atomic E-state index is 12.5. The summed E-state index contributed by atoms with van der Waals surface area (Å²) in [6, 6.07) is 13.0. The van der Waals surface area contributed by atoms with Gasteiger partial charge >= 0.3 is 0 Å². The number of fused-ring (bicyclic) bond motifs is 1. The van der Waals surface area contributed by atoms with Crippen LogP contribution in [0.15, 0.2) is 52.4 Å². The third kappa shape index (κ3) is 5.62. The number of sulfone groups is 1. The molecule has 160 valence electrons. The number of hydrogen-bond acceptors (Lipinski definition) is 5. The summed E-state index contributed by atoms with van der Waals surface area (Å²) < 4.78 is 28.1. The summed E-state index contributed by atoms with van der Waals surface area (Å²) in [6.07, 6.45) is 2.42. The van der Waals surface area contributed by atoms with E-state index in [0.717, 1.165) is 28.1 Å². The average molecular weight is 463 g/mol. The fourth-order valence-electron chi connectivity index (χ4n) is 3.10. The van der Waals surface area contributed by atoms with Crippen molar-refractivity contribution in [1.29, 1.82) is 0 Å². The number of amides is 1. The van der Waals surface area contributed by atoms with E-state index in [4.69, 9.17) is 0 Å². The number of benzene rings is 2. The molecule has 0 unspecified atom stereocenters. The van der Waals surface area contributed by atoms with Crippen molar-refractivity contribution in [3.63, 3.8) is 0 Å². The number of thiazole rings is 1. The lowest BCUT2D eigenvalue weighted by atomic mass is 10.2. The molecule has 2 aromatic carbocycles. The minimum atomic E-state index is -3.39. The van der Waals surface area contributed by atoms with Crippen LogP contribution >= 0.6 is 23.1 Å². The monoisotopic (exact) mass is 462 g/mol. The summed E-state index contributed by atoms with van der Waals surface area (Å²) in [5.74, 6) is 0.584. The predicted molar refractivity (Wildman–Crippen MR) is 126 cm³/mol. The molecule has 1 heterocycles. The van der Waals surface area contributed by atoms with Crippen molar-refractivity contribution in [3.05, 3.63) is 58.4 Å². The number of carbonyl (C=O) groups is 1. The molecular formula is C22H26N2O3S3. The smallest absolute Gasteiger partial charge is 0.248 e. The van der Waals surface area contributed by atoms with Gasteiger partial charge in [0.05, 0.1) is 20.9 Å². The van der Waals surface area contributed by atoms with Gasteiger partial charge in [0.2, 0.25) is 5.91 Å². The third-order valence-electron chi connectivity index (χ3n) is 4.76.